The van der Waals surface area contributed by atoms with Gasteiger partial charge in [0, 0.05) is 30.8 Å². The molecule has 0 atom stereocenters. The first-order valence-corrected chi connectivity index (χ1v) is 14.7. The zero-order chi connectivity index (χ0) is 34.8. The fourth-order valence-corrected chi connectivity index (χ4v) is 5.64. The van der Waals surface area contributed by atoms with Crippen LogP contribution >= 0.6 is 0 Å². The maximum Gasteiger partial charge on any atom is 0.491 e. The molecule has 0 unspecified atom stereocenters. The van der Waals surface area contributed by atoms with Gasteiger partial charge in [0.1, 0.15) is 18.2 Å². The first-order valence-electron chi connectivity index (χ1n) is 14.7. The Morgan fingerprint density at radius 3 is 2.15 bits per heavy atom. The number of carbonyl (C=O) groups is 3. The van der Waals surface area contributed by atoms with E-state index in [0.717, 1.165) is 5.56 Å². The summed E-state index contributed by atoms with van der Waals surface area (Å²) in [7, 11) is 4.22. The predicted molar refractivity (Wildman–Crippen MR) is 161 cm³/mol. The molecule has 1 N–H and O–H groups in total. The Morgan fingerprint density at radius 2 is 1.60 bits per heavy atom. The van der Waals surface area contributed by atoms with Crippen molar-refractivity contribution in [2.24, 2.45) is 0 Å². The van der Waals surface area contributed by atoms with E-state index in [-0.39, 0.29) is 41.8 Å². The lowest BCUT2D eigenvalue weighted by atomic mass is 9.84. The molecule has 2 aliphatic rings. The molecule has 2 aromatic carbocycles. The quantitative estimate of drug-likeness (QED) is 0.164. The third kappa shape index (κ3) is 7.61. The van der Waals surface area contributed by atoms with Gasteiger partial charge in [-0.1, -0.05) is 20.8 Å². The first-order chi connectivity index (χ1) is 22.0. The van der Waals surface area contributed by atoms with Gasteiger partial charge in [0.05, 0.1) is 45.2 Å². The largest absolute Gasteiger partial charge is 0.494 e. The van der Waals surface area contributed by atoms with E-state index in [4.69, 9.17) is 24.4 Å². The number of amidine groups is 1. The minimum atomic E-state index is -5.29. The highest BCUT2D eigenvalue weighted by Crippen LogP contribution is 2.42. The number of alkyl halides is 3. The molecule has 15 heteroatoms. The van der Waals surface area contributed by atoms with Crippen LogP contribution in [0.15, 0.2) is 18.2 Å². The summed E-state index contributed by atoms with van der Waals surface area (Å²) in [6.45, 7) is 5.83. The van der Waals surface area contributed by atoms with Crippen molar-refractivity contribution in [3.63, 3.8) is 0 Å². The summed E-state index contributed by atoms with van der Waals surface area (Å²) >= 11 is 0. The van der Waals surface area contributed by atoms with Crippen LogP contribution in [-0.4, -0.2) is 88.3 Å². The van der Waals surface area contributed by atoms with Gasteiger partial charge in [-0.05, 0) is 42.0 Å². The molecule has 0 bridgehead atoms. The number of rotatable bonds is 10. The standard InChI is InChI=1S/C32H37F4N3O8/c1-31(2,3)20-11-17(22(40)15-39-14-18-13-23(43-4)28(45-6)26(33)25(18)29(39)37)12-21(27(20)44-5)38-9-7-19(8-10-38)46-16-24(41)47-30(42)32(34,35)36/h11-13,19,37H,7-10,14-16H2,1-6H3. The Kier molecular flexibility index (Phi) is 10.4. The SMILES string of the molecule is COc1cc2c(c(F)c1OC)C(=N)N(CC(=O)c1cc(N3CCC(OCC(=O)OC(=O)C(F)(F)F)CC3)c(OC)c(C(C)(C)C)c1)C2. The second-order valence-electron chi connectivity index (χ2n) is 12.2. The molecule has 0 spiro atoms. The number of anilines is 1. The Bertz CT molecular complexity index is 1560. The van der Waals surface area contributed by atoms with Crippen LogP contribution in [0.1, 0.15) is 60.7 Å². The molecule has 0 aliphatic carbocycles. The topological polar surface area (TPSA) is 128 Å². The van der Waals surface area contributed by atoms with Crippen LogP contribution in [0, 0.1) is 11.2 Å². The molecule has 11 nitrogen and oxygen atoms in total. The summed E-state index contributed by atoms with van der Waals surface area (Å²) in [5.41, 5.74) is 1.86. The van der Waals surface area contributed by atoms with Crippen molar-refractivity contribution in [1.82, 2.24) is 4.90 Å². The van der Waals surface area contributed by atoms with Gasteiger partial charge in [0.15, 0.2) is 23.1 Å². The fraction of sp³-hybridized carbons (Fsp3) is 0.500. The summed E-state index contributed by atoms with van der Waals surface area (Å²) < 4.78 is 77.7. The number of nitrogens with one attached hydrogen (secondary N) is 1. The molecule has 2 aliphatic heterocycles. The number of carbonyl (C=O) groups excluding carboxylic acids is 3. The van der Waals surface area contributed by atoms with Gasteiger partial charge < -0.3 is 33.5 Å². The maximum absolute atomic E-state index is 15.3. The molecule has 0 amide bonds. The number of ether oxygens (including phenoxy) is 5. The van der Waals surface area contributed by atoms with Gasteiger partial charge in [-0.25, -0.2) is 14.0 Å². The van der Waals surface area contributed by atoms with Crippen LogP contribution in [-0.2, 0) is 31.0 Å². The number of nitrogens with zero attached hydrogens (tertiary/aromatic N) is 2. The second-order valence-corrected chi connectivity index (χ2v) is 12.2. The minimum Gasteiger partial charge on any atom is -0.494 e. The molecule has 1 saturated heterocycles. The number of esters is 2. The molecular weight excluding hydrogens is 630 g/mol. The van der Waals surface area contributed by atoms with E-state index in [9.17, 15) is 27.6 Å². The highest BCUT2D eigenvalue weighted by molar-refractivity contribution is 6.06. The number of halogens is 4. The zero-order valence-corrected chi connectivity index (χ0v) is 26.9. The Labute approximate surface area is 269 Å². The van der Waals surface area contributed by atoms with Crippen LogP contribution < -0.4 is 19.1 Å². The number of hydrogen-bond donors (Lipinski definition) is 1. The van der Waals surface area contributed by atoms with Crippen LogP contribution in [0.5, 0.6) is 17.2 Å². The van der Waals surface area contributed by atoms with Crippen molar-refractivity contribution < 1.29 is 55.6 Å². The number of benzene rings is 2. The Morgan fingerprint density at radius 1 is 0.957 bits per heavy atom. The van der Waals surface area contributed by atoms with Crippen LogP contribution in [0.25, 0.3) is 0 Å². The van der Waals surface area contributed by atoms with Gasteiger partial charge in [-0.2, -0.15) is 13.2 Å². The van der Waals surface area contributed by atoms with Crippen molar-refractivity contribution in [2.45, 2.75) is 57.9 Å². The molecule has 2 heterocycles. The highest BCUT2D eigenvalue weighted by Gasteiger charge is 2.42. The van der Waals surface area contributed by atoms with Crippen molar-refractivity contribution in [3.05, 3.63) is 46.3 Å². The zero-order valence-electron chi connectivity index (χ0n) is 26.9. The lowest BCUT2D eigenvalue weighted by molar-refractivity contribution is -0.203. The van der Waals surface area contributed by atoms with E-state index in [1.807, 2.05) is 25.7 Å². The average molecular weight is 668 g/mol. The lowest BCUT2D eigenvalue weighted by Gasteiger charge is -2.36. The molecule has 4 rings (SSSR count). The monoisotopic (exact) mass is 667 g/mol. The minimum absolute atomic E-state index is 0.0477. The molecule has 0 aromatic heterocycles. The summed E-state index contributed by atoms with van der Waals surface area (Å²) in [4.78, 5) is 39.8. The molecule has 0 saturated carbocycles. The predicted octanol–water partition coefficient (Wildman–Crippen LogP) is 4.79. The molecule has 0 radical (unpaired) electrons. The van der Waals surface area contributed by atoms with E-state index in [0.29, 0.717) is 48.5 Å². The van der Waals surface area contributed by atoms with Gasteiger partial charge in [0.2, 0.25) is 0 Å². The molecule has 256 valence electrons. The molecule has 1 fully saturated rings. The molecular formula is C32H37F4N3O8. The van der Waals surface area contributed by atoms with Gasteiger partial charge in [-0.15, -0.1) is 0 Å². The number of Topliss-reactive ketones (excluding diaryl/α,β-unsaturated/α-hetero) is 1. The van der Waals surface area contributed by atoms with Crippen LogP contribution in [0.3, 0.4) is 0 Å². The van der Waals surface area contributed by atoms with Gasteiger partial charge in [0.25, 0.3) is 0 Å². The van der Waals surface area contributed by atoms with E-state index in [1.54, 1.807) is 18.2 Å². The van der Waals surface area contributed by atoms with E-state index < -0.39 is 42.1 Å². The third-order valence-electron chi connectivity index (χ3n) is 8.00. The number of hydrogen-bond acceptors (Lipinski definition) is 10. The summed E-state index contributed by atoms with van der Waals surface area (Å²) in [5, 5.41) is 8.63. The number of piperidine rings is 1. The average Bonchev–Trinajstić information content (AvgIpc) is 3.32. The third-order valence-corrected chi connectivity index (χ3v) is 8.00. The van der Waals surface area contributed by atoms with Crippen molar-refractivity contribution in [2.75, 3.05) is 52.5 Å². The van der Waals surface area contributed by atoms with Gasteiger partial charge in [-0.3, -0.25) is 10.2 Å². The Hall–Kier alpha value is -4.40. The Balaban J connectivity index is 1.51. The number of methoxy groups -OCH3 is 3. The first kappa shape index (κ1) is 35.5. The number of ketones is 1. The van der Waals surface area contributed by atoms with Crippen molar-refractivity contribution in [1.29, 1.82) is 5.41 Å². The lowest BCUT2D eigenvalue weighted by Crippen LogP contribution is -2.39. The van der Waals surface area contributed by atoms with Crippen molar-refractivity contribution >= 4 is 29.2 Å². The highest BCUT2D eigenvalue weighted by atomic mass is 19.4. The molecule has 47 heavy (non-hydrogen) atoms. The summed E-state index contributed by atoms with van der Waals surface area (Å²) in [6.07, 6.45) is -5.01. The van der Waals surface area contributed by atoms with Crippen LogP contribution in [0.4, 0.5) is 23.2 Å². The van der Waals surface area contributed by atoms with E-state index >= 15 is 4.39 Å². The summed E-state index contributed by atoms with van der Waals surface area (Å²) in [6, 6.07) is 5.06. The fourth-order valence-electron chi connectivity index (χ4n) is 5.64. The number of fused-ring (bicyclic) bond motifs is 1. The van der Waals surface area contributed by atoms with Crippen molar-refractivity contribution in [3.8, 4) is 17.2 Å². The second kappa shape index (κ2) is 13.8. The normalized spacial score (nSPS) is 15.4. The smallest absolute Gasteiger partial charge is 0.491 e. The summed E-state index contributed by atoms with van der Waals surface area (Å²) in [5.74, 6) is -4.60. The van der Waals surface area contributed by atoms with Gasteiger partial charge >= 0.3 is 18.1 Å². The van der Waals surface area contributed by atoms with Crippen LogP contribution in [0.2, 0.25) is 0 Å². The molecule has 2 aromatic rings. The van der Waals surface area contributed by atoms with E-state index in [2.05, 4.69) is 4.74 Å². The maximum atomic E-state index is 15.3. The van der Waals surface area contributed by atoms with E-state index in [1.165, 1.54) is 26.2 Å².